The Bertz CT molecular complexity index is 1010. The fraction of sp³-hybridized carbons (Fsp3) is 0.440. The van der Waals surface area contributed by atoms with Gasteiger partial charge < -0.3 is 24.1 Å². The van der Waals surface area contributed by atoms with Gasteiger partial charge in [-0.3, -0.25) is 4.79 Å². The van der Waals surface area contributed by atoms with Gasteiger partial charge in [0.2, 0.25) is 5.91 Å². The lowest BCUT2D eigenvalue weighted by Gasteiger charge is -2.12. The van der Waals surface area contributed by atoms with Gasteiger partial charge in [0, 0.05) is 26.1 Å². The van der Waals surface area contributed by atoms with Crippen molar-refractivity contribution in [1.29, 1.82) is 0 Å². The third kappa shape index (κ3) is 5.59. The number of hydrogen-bond acceptors (Lipinski definition) is 5. The van der Waals surface area contributed by atoms with Crippen molar-refractivity contribution < 1.29 is 19.0 Å². The second kappa shape index (κ2) is 11.0. The number of para-hydroxylation sites is 2. The molecular formula is C25H31N3O4. The molecule has 0 radical (unpaired) electrons. The largest absolute Gasteiger partial charge is 0.497 e. The van der Waals surface area contributed by atoms with E-state index in [9.17, 15) is 4.79 Å². The molecule has 1 amide bonds. The molecule has 1 aliphatic rings. The van der Waals surface area contributed by atoms with Crippen LogP contribution in [0.5, 0.6) is 11.5 Å². The molecule has 2 heterocycles. The molecular weight excluding hydrogens is 406 g/mol. The van der Waals surface area contributed by atoms with E-state index in [1.807, 2.05) is 42.5 Å². The van der Waals surface area contributed by atoms with Gasteiger partial charge in [-0.25, -0.2) is 4.98 Å². The fourth-order valence-electron chi connectivity index (χ4n) is 4.01. The number of ether oxygens (including phenoxy) is 3. The van der Waals surface area contributed by atoms with E-state index in [2.05, 4.69) is 16.0 Å². The Hall–Kier alpha value is -3.06. The second-order valence-electron chi connectivity index (χ2n) is 7.94. The summed E-state index contributed by atoms with van der Waals surface area (Å²) in [6.45, 7) is 2.76. The maximum atomic E-state index is 12.1. The zero-order valence-electron chi connectivity index (χ0n) is 18.6. The summed E-state index contributed by atoms with van der Waals surface area (Å²) in [5.41, 5.74) is 2.14. The molecule has 7 nitrogen and oxygen atoms in total. The minimum absolute atomic E-state index is 0.00619. The maximum absolute atomic E-state index is 12.1. The quantitative estimate of drug-likeness (QED) is 0.463. The van der Waals surface area contributed by atoms with Crippen molar-refractivity contribution in [2.45, 2.75) is 44.8 Å². The highest BCUT2D eigenvalue weighted by atomic mass is 16.5. The smallest absolute Gasteiger partial charge is 0.249 e. The number of nitrogens with zero attached hydrogens (tertiary/aromatic N) is 2. The molecule has 2 aromatic carbocycles. The summed E-state index contributed by atoms with van der Waals surface area (Å²) in [5.74, 6) is 2.70. The predicted molar refractivity (Wildman–Crippen MR) is 123 cm³/mol. The van der Waals surface area contributed by atoms with Crippen molar-refractivity contribution in [2.24, 2.45) is 0 Å². The summed E-state index contributed by atoms with van der Waals surface area (Å²) in [7, 11) is 1.65. The highest BCUT2D eigenvalue weighted by Gasteiger charge is 2.22. The molecule has 32 heavy (non-hydrogen) atoms. The van der Waals surface area contributed by atoms with E-state index in [0.29, 0.717) is 19.8 Å². The SMILES string of the molecule is COc1ccc(OCCCn2c(CCCNC(=O)C3CCCO3)nc3ccccc32)cc1. The van der Waals surface area contributed by atoms with E-state index in [1.54, 1.807) is 7.11 Å². The molecule has 1 N–H and O–H groups in total. The molecule has 1 aromatic heterocycles. The van der Waals surface area contributed by atoms with Crippen molar-refractivity contribution in [1.82, 2.24) is 14.9 Å². The van der Waals surface area contributed by atoms with Crippen LogP contribution in [0.4, 0.5) is 0 Å². The Morgan fingerprint density at radius 1 is 1.16 bits per heavy atom. The molecule has 1 aliphatic heterocycles. The predicted octanol–water partition coefficient (Wildman–Crippen LogP) is 3.74. The van der Waals surface area contributed by atoms with Crippen molar-refractivity contribution in [3.63, 3.8) is 0 Å². The first kappa shape index (κ1) is 22.1. The molecule has 0 spiro atoms. The number of carbonyl (C=O) groups is 1. The zero-order chi connectivity index (χ0) is 22.2. The zero-order valence-corrected chi connectivity index (χ0v) is 18.6. The van der Waals surface area contributed by atoms with Gasteiger partial charge in [0.1, 0.15) is 23.4 Å². The van der Waals surface area contributed by atoms with E-state index in [1.165, 1.54) is 0 Å². The first-order valence-electron chi connectivity index (χ1n) is 11.3. The normalized spacial score (nSPS) is 15.7. The van der Waals surface area contributed by atoms with Crippen molar-refractivity contribution in [3.05, 3.63) is 54.4 Å². The average Bonchev–Trinajstić information content (AvgIpc) is 3.48. The lowest BCUT2D eigenvalue weighted by Crippen LogP contribution is -2.34. The van der Waals surface area contributed by atoms with Crippen LogP contribution < -0.4 is 14.8 Å². The monoisotopic (exact) mass is 437 g/mol. The van der Waals surface area contributed by atoms with Crippen molar-refractivity contribution in [2.75, 3.05) is 26.9 Å². The lowest BCUT2D eigenvalue weighted by molar-refractivity contribution is -0.130. The first-order chi connectivity index (χ1) is 15.7. The topological polar surface area (TPSA) is 74.6 Å². The van der Waals surface area contributed by atoms with E-state index in [4.69, 9.17) is 19.2 Å². The minimum atomic E-state index is -0.273. The Morgan fingerprint density at radius 2 is 1.97 bits per heavy atom. The molecule has 1 fully saturated rings. The third-order valence-corrected chi connectivity index (χ3v) is 5.69. The lowest BCUT2D eigenvalue weighted by atomic mass is 10.2. The summed E-state index contributed by atoms with van der Waals surface area (Å²) in [6, 6.07) is 15.8. The van der Waals surface area contributed by atoms with Crippen LogP contribution in [-0.4, -0.2) is 48.4 Å². The molecule has 170 valence electrons. The second-order valence-corrected chi connectivity index (χ2v) is 7.94. The Labute approximate surface area is 188 Å². The first-order valence-corrected chi connectivity index (χ1v) is 11.3. The number of benzene rings is 2. The molecule has 4 rings (SSSR count). The van der Waals surface area contributed by atoms with Crippen molar-refractivity contribution >= 4 is 16.9 Å². The van der Waals surface area contributed by atoms with E-state index in [-0.39, 0.29) is 12.0 Å². The Kier molecular flexibility index (Phi) is 7.61. The van der Waals surface area contributed by atoms with Gasteiger partial charge in [0.05, 0.1) is 24.8 Å². The van der Waals surface area contributed by atoms with Gasteiger partial charge in [-0.15, -0.1) is 0 Å². The Morgan fingerprint density at radius 3 is 2.75 bits per heavy atom. The number of rotatable bonds is 11. The van der Waals surface area contributed by atoms with Gasteiger partial charge in [0.25, 0.3) is 0 Å². The number of carbonyl (C=O) groups excluding carboxylic acids is 1. The van der Waals surface area contributed by atoms with Gasteiger partial charge in [-0.1, -0.05) is 12.1 Å². The number of hydrogen-bond donors (Lipinski definition) is 1. The highest BCUT2D eigenvalue weighted by molar-refractivity contribution is 5.80. The molecule has 7 heteroatoms. The maximum Gasteiger partial charge on any atom is 0.249 e. The summed E-state index contributed by atoms with van der Waals surface area (Å²) in [6.07, 6.45) is 4.02. The van der Waals surface area contributed by atoms with Crippen LogP contribution in [0.25, 0.3) is 11.0 Å². The molecule has 0 saturated carbocycles. The van der Waals surface area contributed by atoms with E-state index >= 15 is 0 Å². The summed E-state index contributed by atoms with van der Waals surface area (Å²) < 4.78 is 18.8. The number of amides is 1. The van der Waals surface area contributed by atoms with Crippen LogP contribution in [-0.2, 0) is 22.5 Å². The minimum Gasteiger partial charge on any atom is -0.497 e. The van der Waals surface area contributed by atoms with Crippen molar-refractivity contribution in [3.8, 4) is 11.5 Å². The number of aromatic nitrogens is 2. The summed E-state index contributed by atoms with van der Waals surface area (Å²) in [5, 5.41) is 3.00. The summed E-state index contributed by atoms with van der Waals surface area (Å²) >= 11 is 0. The van der Waals surface area contributed by atoms with Crippen LogP contribution in [0, 0.1) is 0 Å². The summed E-state index contributed by atoms with van der Waals surface area (Å²) in [4.78, 5) is 16.9. The van der Waals surface area contributed by atoms with Crippen LogP contribution in [0.3, 0.4) is 0 Å². The van der Waals surface area contributed by atoms with Gasteiger partial charge in [-0.05, 0) is 62.1 Å². The molecule has 0 aliphatic carbocycles. The van der Waals surface area contributed by atoms with Crippen LogP contribution >= 0.6 is 0 Å². The van der Waals surface area contributed by atoms with E-state index < -0.39 is 0 Å². The van der Waals surface area contributed by atoms with Gasteiger partial charge in [0.15, 0.2) is 0 Å². The highest BCUT2D eigenvalue weighted by Crippen LogP contribution is 2.19. The van der Waals surface area contributed by atoms with Gasteiger partial charge in [-0.2, -0.15) is 0 Å². The number of imidazole rings is 1. The van der Waals surface area contributed by atoms with Crippen LogP contribution in [0.1, 0.15) is 31.5 Å². The number of nitrogens with one attached hydrogen (secondary N) is 1. The molecule has 1 atom stereocenters. The van der Waals surface area contributed by atoms with E-state index in [0.717, 1.165) is 67.0 Å². The van der Waals surface area contributed by atoms with Crippen LogP contribution in [0.2, 0.25) is 0 Å². The number of methoxy groups -OCH3 is 1. The average molecular weight is 438 g/mol. The molecule has 3 aromatic rings. The third-order valence-electron chi connectivity index (χ3n) is 5.69. The standard InChI is InChI=1S/C25H31N3O4/c1-30-19-11-13-20(14-12-19)31-18-6-16-28-22-8-3-2-7-21(22)27-24(28)10-4-15-26-25(29)23-9-5-17-32-23/h2-3,7-8,11-14,23H,4-6,9-10,15-18H2,1H3,(H,26,29). The van der Waals surface area contributed by atoms with Gasteiger partial charge >= 0.3 is 0 Å². The fourth-order valence-corrected chi connectivity index (χ4v) is 4.01. The molecule has 1 unspecified atom stereocenters. The number of aryl methyl sites for hydroxylation is 2. The van der Waals surface area contributed by atoms with Crippen LogP contribution in [0.15, 0.2) is 48.5 Å². The number of fused-ring (bicyclic) bond motifs is 1. The molecule has 1 saturated heterocycles. The molecule has 0 bridgehead atoms. The Balaban J connectivity index is 1.30.